The highest BCUT2D eigenvalue weighted by Crippen LogP contribution is 2.18. The van der Waals surface area contributed by atoms with Gasteiger partial charge in [-0.2, -0.15) is 5.26 Å². The highest BCUT2D eigenvalue weighted by Gasteiger charge is 2.15. The number of rotatable bonds is 2. The van der Waals surface area contributed by atoms with Gasteiger partial charge in [0.25, 0.3) is 0 Å². The topological polar surface area (TPSA) is 23.8 Å². The Morgan fingerprint density at radius 2 is 2.12 bits per heavy atom. The van der Waals surface area contributed by atoms with Crippen molar-refractivity contribution in [3.8, 4) is 6.07 Å². The minimum Gasteiger partial charge on any atom is -0.250 e. The normalized spacial score (nSPS) is 10.8. The summed E-state index contributed by atoms with van der Waals surface area (Å²) in [6.07, 6.45) is 0.295. The average Bonchev–Trinajstić information content (AvgIpc) is 1.67. The quantitative estimate of drug-likeness (QED) is 0.539. The standard InChI is InChI=1S/C6H10FN/c1-6(2,5-7)3-4-8/h3,5H2,1-2H3. The zero-order valence-electron chi connectivity index (χ0n) is 5.24. The van der Waals surface area contributed by atoms with Crippen LogP contribution < -0.4 is 0 Å². The molecule has 0 saturated carbocycles. The molecule has 8 heavy (non-hydrogen) atoms. The predicted molar refractivity (Wildman–Crippen MR) is 30.0 cm³/mol. The first-order valence-corrected chi connectivity index (χ1v) is 2.55. The van der Waals surface area contributed by atoms with E-state index in [1.165, 1.54) is 0 Å². The summed E-state index contributed by atoms with van der Waals surface area (Å²) in [5, 5.41) is 8.12. The highest BCUT2D eigenvalue weighted by atomic mass is 19.1. The van der Waals surface area contributed by atoms with Crippen LogP contribution in [-0.2, 0) is 0 Å². The first-order chi connectivity index (χ1) is 3.62. The summed E-state index contributed by atoms with van der Waals surface area (Å²) in [6, 6.07) is 1.92. The highest BCUT2D eigenvalue weighted by molar-refractivity contribution is 4.81. The van der Waals surface area contributed by atoms with E-state index in [1.54, 1.807) is 13.8 Å². The van der Waals surface area contributed by atoms with Crippen LogP contribution in [-0.4, -0.2) is 6.67 Å². The summed E-state index contributed by atoms with van der Waals surface area (Å²) in [5.41, 5.74) is -0.436. The maximum atomic E-state index is 11.8. The Hall–Kier alpha value is -0.580. The van der Waals surface area contributed by atoms with E-state index < -0.39 is 12.1 Å². The molecule has 0 aliphatic carbocycles. The van der Waals surface area contributed by atoms with Gasteiger partial charge in [-0.05, 0) is 0 Å². The van der Waals surface area contributed by atoms with Gasteiger partial charge < -0.3 is 0 Å². The van der Waals surface area contributed by atoms with Gasteiger partial charge in [-0.25, -0.2) is 0 Å². The summed E-state index contributed by atoms with van der Waals surface area (Å²) in [7, 11) is 0. The molecule has 1 nitrogen and oxygen atoms in total. The van der Waals surface area contributed by atoms with Crippen molar-refractivity contribution < 1.29 is 4.39 Å². The lowest BCUT2D eigenvalue weighted by atomic mass is 9.92. The van der Waals surface area contributed by atoms with Crippen molar-refractivity contribution >= 4 is 0 Å². The molecule has 0 N–H and O–H groups in total. The van der Waals surface area contributed by atoms with E-state index in [0.717, 1.165) is 0 Å². The number of halogens is 1. The van der Waals surface area contributed by atoms with Gasteiger partial charge in [-0.3, -0.25) is 4.39 Å². The zero-order valence-corrected chi connectivity index (χ0v) is 5.24. The van der Waals surface area contributed by atoms with Gasteiger partial charge in [0.05, 0.1) is 12.7 Å². The Kier molecular flexibility index (Phi) is 2.47. The molecule has 0 spiro atoms. The van der Waals surface area contributed by atoms with Crippen LogP contribution in [0.2, 0.25) is 0 Å². The first-order valence-electron chi connectivity index (χ1n) is 2.55. The Balaban J connectivity index is 3.58. The molecule has 0 saturated heterocycles. The first kappa shape index (κ1) is 7.42. The number of alkyl halides is 1. The van der Waals surface area contributed by atoms with Gasteiger partial charge in [0.2, 0.25) is 0 Å². The minimum absolute atomic E-state index is 0.295. The Morgan fingerprint density at radius 3 is 2.25 bits per heavy atom. The van der Waals surface area contributed by atoms with Crippen molar-refractivity contribution in [2.75, 3.05) is 6.67 Å². The fraction of sp³-hybridized carbons (Fsp3) is 0.833. The van der Waals surface area contributed by atoms with Crippen LogP contribution in [0.1, 0.15) is 20.3 Å². The van der Waals surface area contributed by atoms with Gasteiger partial charge in [0, 0.05) is 11.8 Å². The van der Waals surface area contributed by atoms with Crippen molar-refractivity contribution in [3.05, 3.63) is 0 Å². The summed E-state index contributed by atoms with van der Waals surface area (Å²) in [6.45, 7) is 3.05. The number of nitrogens with zero attached hydrogens (tertiary/aromatic N) is 1. The molecule has 0 aliphatic heterocycles. The molecular formula is C6H10FN. The third-order valence-corrected chi connectivity index (χ3v) is 0.919. The van der Waals surface area contributed by atoms with E-state index in [1.807, 2.05) is 6.07 Å². The van der Waals surface area contributed by atoms with Crippen molar-refractivity contribution in [2.45, 2.75) is 20.3 Å². The van der Waals surface area contributed by atoms with Crippen LogP contribution >= 0.6 is 0 Å². The molecule has 0 unspecified atom stereocenters. The van der Waals surface area contributed by atoms with E-state index >= 15 is 0 Å². The van der Waals surface area contributed by atoms with Gasteiger partial charge in [0.15, 0.2) is 0 Å². The van der Waals surface area contributed by atoms with Gasteiger partial charge >= 0.3 is 0 Å². The fourth-order valence-electron chi connectivity index (χ4n) is 0.261. The summed E-state index contributed by atoms with van der Waals surface area (Å²) in [5.74, 6) is 0. The summed E-state index contributed by atoms with van der Waals surface area (Å²) in [4.78, 5) is 0. The summed E-state index contributed by atoms with van der Waals surface area (Å²) >= 11 is 0. The lowest BCUT2D eigenvalue weighted by molar-refractivity contribution is 0.263. The second-order valence-electron chi connectivity index (χ2n) is 2.63. The molecule has 2 heteroatoms. The fourth-order valence-corrected chi connectivity index (χ4v) is 0.261. The van der Waals surface area contributed by atoms with E-state index in [9.17, 15) is 4.39 Å². The molecule has 0 amide bonds. The Labute approximate surface area is 49.1 Å². The number of nitriles is 1. The van der Waals surface area contributed by atoms with Crippen LogP contribution in [0.3, 0.4) is 0 Å². The monoisotopic (exact) mass is 115 g/mol. The largest absolute Gasteiger partial charge is 0.250 e. The molecule has 0 aromatic heterocycles. The lowest BCUT2D eigenvalue weighted by Gasteiger charge is -2.14. The molecule has 0 radical (unpaired) electrons. The predicted octanol–water partition coefficient (Wildman–Crippen LogP) is 1.90. The van der Waals surface area contributed by atoms with Crippen molar-refractivity contribution in [1.82, 2.24) is 0 Å². The van der Waals surface area contributed by atoms with E-state index in [-0.39, 0.29) is 0 Å². The molecule has 0 heterocycles. The molecule has 0 aromatic carbocycles. The van der Waals surface area contributed by atoms with Gasteiger partial charge in [-0.15, -0.1) is 0 Å². The molecule has 0 aromatic rings. The smallest absolute Gasteiger partial charge is 0.0955 e. The van der Waals surface area contributed by atoms with Gasteiger partial charge in [0.1, 0.15) is 0 Å². The van der Waals surface area contributed by atoms with E-state index in [0.29, 0.717) is 6.42 Å². The number of hydrogen-bond donors (Lipinski definition) is 0. The van der Waals surface area contributed by atoms with Crippen LogP contribution in [0.5, 0.6) is 0 Å². The van der Waals surface area contributed by atoms with Gasteiger partial charge in [-0.1, -0.05) is 13.8 Å². The van der Waals surface area contributed by atoms with E-state index in [4.69, 9.17) is 5.26 Å². The molecule has 0 atom stereocenters. The minimum atomic E-state index is -0.436. The Bertz CT molecular complexity index is 102. The van der Waals surface area contributed by atoms with Crippen LogP contribution in [0.4, 0.5) is 4.39 Å². The zero-order chi connectivity index (χ0) is 6.62. The third kappa shape index (κ3) is 2.57. The molecule has 46 valence electrons. The second-order valence-corrected chi connectivity index (χ2v) is 2.63. The number of hydrogen-bond acceptors (Lipinski definition) is 1. The maximum Gasteiger partial charge on any atom is 0.0955 e. The molecular weight excluding hydrogens is 105 g/mol. The van der Waals surface area contributed by atoms with Crippen LogP contribution in [0, 0.1) is 16.7 Å². The van der Waals surface area contributed by atoms with Crippen molar-refractivity contribution in [2.24, 2.45) is 5.41 Å². The van der Waals surface area contributed by atoms with E-state index in [2.05, 4.69) is 0 Å². The average molecular weight is 115 g/mol. The Morgan fingerprint density at radius 1 is 1.62 bits per heavy atom. The van der Waals surface area contributed by atoms with Crippen LogP contribution in [0.25, 0.3) is 0 Å². The van der Waals surface area contributed by atoms with Crippen LogP contribution in [0.15, 0.2) is 0 Å². The second kappa shape index (κ2) is 2.66. The lowest BCUT2D eigenvalue weighted by Crippen LogP contribution is -2.11. The summed E-state index contributed by atoms with van der Waals surface area (Å²) < 4.78 is 11.8. The molecule has 0 rings (SSSR count). The molecule has 0 fully saturated rings. The molecule has 0 aliphatic rings. The molecule has 0 bridgehead atoms. The SMILES string of the molecule is CC(C)(CF)CC#N. The van der Waals surface area contributed by atoms with Crippen molar-refractivity contribution in [1.29, 1.82) is 5.26 Å². The third-order valence-electron chi connectivity index (χ3n) is 0.919. The maximum absolute atomic E-state index is 11.8. The van der Waals surface area contributed by atoms with Crippen molar-refractivity contribution in [3.63, 3.8) is 0 Å².